The van der Waals surface area contributed by atoms with Crippen LogP contribution in [0.15, 0.2) is 24.3 Å². The number of hydrogen-bond donors (Lipinski definition) is 2. The Balaban J connectivity index is 2.78. The van der Waals surface area contributed by atoms with Crippen LogP contribution < -0.4 is 0 Å². The molecule has 0 fully saturated rings. The summed E-state index contributed by atoms with van der Waals surface area (Å²) in [7, 11) is -5.19. The van der Waals surface area contributed by atoms with Gasteiger partial charge in [0.2, 0.25) is 0 Å². The Bertz CT molecular complexity index is 530. The van der Waals surface area contributed by atoms with Gasteiger partial charge < -0.3 is 10.0 Å². The van der Waals surface area contributed by atoms with Gasteiger partial charge >= 0.3 is 7.12 Å². The van der Waals surface area contributed by atoms with E-state index in [-0.39, 0.29) is 23.5 Å². The summed E-state index contributed by atoms with van der Waals surface area (Å²) in [6.07, 6.45) is -0.280. The van der Waals surface area contributed by atoms with E-state index in [1.165, 1.54) is 24.3 Å². The monoisotopic (exact) mass is 273 g/mol. The van der Waals surface area contributed by atoms with E-state index in [4.69, 9.17) is 10.0 Å². The smallest absolute Gasteiger partial charge is 0.427 e. The van der Waals surface area contributed by atoms with Crippen molar-refractivity contribution in [1.82, 2.24) is 0 Å². The molecule has 98 valence electrons. The fourth-order valence-corrected chi connectivity index (χ4v) is 2.77. The molecule has 0 aliphatic rings. The Labute approximate surface area is 104 Å². The van der Waals surface area contributed by atoms with Gasteiger partial charge in [0.1, 0.15) is 0 Å². The number of benzene rings is 1. The fourth-order valence-electron chi connectivity index (χ4n) is 1.37. The number of hydrogen-bond acceptors (Lipinski definition) is 6. The Hall–Kier alpha value is -1.45. The summed E-state index contributed by atoms with van der Waals surface area (Å²) in [5.41, 5.74) is 0.126. The Kier molecular flexibility index (Phi) is 4.82. The summed E-state index contributed by atoms with van der Waals surface area (Å²) >= 11 is 0. The van der Waals surface area contributed by atoms with E-state index < -0.39 is 21.9 Å². The van der Waals surface area contributed by atoms with E-state index in [1.54, 1.807) is 0 Å². The van der Waals surface area contributed by atoms with Crippen molar-refractivity contribution < 1.29 is 23.4 Å². The second kappa shape index (κ2) is 5.94. The number of rotatable bonds is 6. The van der Waals surface area contributed by atoms with E-state index in [0.717, 1.165) is 0 Å². The lowest BCUT2D eigenvalue weighted by Gasteiger charge is -2.04. The van der Waals surface area contributed by atoms with Crippen LogP contribution in [-0.2, 0) is 15.6 Å². The van der Waals surface area contributed by atoms with Gasteiger partial charge in [0, 0.05) is 17.9 Å². The molecule has 0 aliphatic carbocycles. The topological polar surface area (TPSA) is 118 Å². The normalized spacial score (nSPS) is 11.2. The van der Waals surface area contributed by atoms with Gasteiger partial charge in [0.25, 0.3) is 5.69 Å². The predicted molar refractivity (Wildman–Crippen MR) is 65.6 cm³/mol. The molecule has 1 rings (SSSR count). The van der Waals surface area contributed by atoms with Crippen LogP contribution in [0.25, 0.3) is 0 Å². The zero-order chi connectivity index (χ0) is 13.8. The van der Waals surface area contributed by atoms with Gasteiger partial charge in [-0.15, -0.1) is 0 Å². The maximum atomic E-state index is 11.6. The van der Waals surface area contributed by atoms with E-state index in [0.29, 0.717) is 5.56 Å². The third-order valence-corrected chi connectivity index (χ3v) is 3.83. The van der Waals surface area contributed by atoms with Crippen molar-refractivity contribution in [3.8, 4) is 0 Å². The molecule has 0 amide bonds. The van der Waals surface area contributed by atoms with Crippen LogP contribution in [0.2, 0.25) is 6.32 Å². The van der Waals surface area contributed by atoms with Crippen LogP contribution in [0, 0.1) is 10.1 Å². The quantitative estimate of drug-likeness (QED) is 0.427. The fraction of sp³-hybridized carbons (Fsp3) is 0.333. The van der Waals surface area contributed by atoms with Gasteiger partial charge in [0.05, 0.1) is 10.7 Å². The van der Waals surface area contributed by atoms with Crippen molar-refractivity contribution in [3.63, 3.8) is 0 Å². The molecule has 0 atom stereocenters. The molecule has 0 heterocycles. The van der Waals surface area contributed by atoms with Gasteiger partial charge in [-0.05, 0) is 11.9 Å². The maximum Gasteiger partial charge on any atom is 0.452 e. The average molecular weight is 273 g/mol. The van der Waals surface area contributed by atoms with Gasteiger partial charge in [0.15, 0.2) is 9.84 Å². The third-order valence-electron chi connectivity index (χ3n) is 2.20. The largest absolute Gasteiger partial charge is 0.452 e. The number of sulfone groups is 1. The second-order valence-electron chi connectivity index (χ2n) is 3.79. The predicted octanol–water partition coefficient (Wildman–Crippen LogP) is -0.0176. The first kappa shape index (κ1) is 14.6. The summed E-state index contributed by atoms with van der Waals surface area (Å²) in [5, 5.41) is 27.7. The van der Waals surface area contributed by atoms with Crippen molar-refractivity contribution in [2.24, 2.45) is 0 Å². The van der Waals surface area contributed by atoms with Crippen LogP contribution in [-0.4, -0.2) is 36.3 Å². The third kappa shape index (κ3) is 4.82. The molecule has 0 spiro atoms. The van der Waals surface area contributed by atoms with Crippen LogP contribution in [0.1, 0.15) is 5.56 Å². The summed E-state index contributed by atoms with van der Waals surface area (Å²) in [4.78, 5) is 9.92. The highest BCUT2D eigenvalue weighted by Gasteiger charge is 2.17. The zero-order valence-electron chi connectivity index (χ0n) is 9.39. The molecule has 0 bridgehead atoms. The minimum Gasteiger partial charge on any atom is -0.427 e. The Morgan fingerprint density at radius 1 is 1.33 bits per heavy atom. The van der Waals surface area contributed by atoms with Gasteiger partial charge in [-0.3, -0.25) is 10.1 Å². The zero-order valence-corrected chi connectivity index (χ0v) is 10.2. The molecular formula is C9H12BNO6S. The van der Waals surface area contributed by atoms with Gasteiger partial charge in [-0.2, -0.15) is 0 Å². The lowest BCUT2D eigenvalue weighted by molar-refractivity contribution is -0.384. The summed E-state index contributed by atoms with van der Waals surface area (Å²) < 4.78 is 23.2. The molecule has 0 aromatic heterocycles. The van der Waals surface area contributed by atoms with E-state index in [2.05, 4.69) is 0 Å². The van der Waals surface area contributed by atoms with Gasteiger partial charge in [-0.1, -0.05) is 12.1 Å². The minimum atomic E-state index is -3.51. The summed E-state index contributed by atoms with van der Waals surface area (Å²) in [6.45, 7) is 0. The lowest BCUT2D eigenvalue weighted by Crippen LogP contribution is -2.18. The molecule has 18 heavy (non-hydrogen) atoms. The first-order valence-electron chi connectivity index (χ1n) is 5.10. The SMILES string of the molecule is O=[N+]([O-])c1cccc(CS(=O)(=O)CCB(O)O)c1. The minimum absolute atomic E-state index is 0.176. The van der Waals surface area contributed by atoms with Crippen LogP contribution >= 0.6 is 0 Å². The van der Waals surface area contributed by atoms with E-state index >= 15 is 0 Å². The number of non-ortho nitro benzene ring substituents is 1. The molecule has 1 aromatic rings. The molecule has 0 unspecified atom stereocenters. The standard InChI is InChI=1S/C9H12BNO6S/c12-10(13)4-5-18(16,17)7-8-2-1-3-9(6-8)11(14)15/h1-3,6,12-13H,4-5,7H2. The highest BCUT2D eigenvalue weighted by Crippen LogP contribution is 2.16. The molecule has 0 aliphatic heterocycles. The van der Waals surface area contributed by atoms with Crippen LogP contribution in [0.4, 0.5) is 5.69 Å². The average Bonchev–Trinajstić information content (AvgIpc) is 2.26. The highest BCUT2D eigenvalue weighted by molar-refractivity contribution is 7.90. The van der Waals surface area contributed by atoms with Crippen molar-refractivity contribution in [1.29, 1.82) is 0 Å². The number of nitrogens with zero attached hydrogens (tertiary/aromatic N) is 1. The Morgan fingerprint density at radius 2 is 2.00 bits per heavy atom. The number of nitro benzene ring substituents is 1. The number of nitro groups is 1. The van der Waals surface area contributed by atoms with Crippen molar-refractivity contribution in [2.75, 3.05) is 5.75 Å². The van der Waals surface area contributed by atoms with Crippen molar-refractivity contribution >= 4 is 22.6 Å². The lowest BCUT2D eigenvalue weighted by atomic mass is 9.88. The van der Waals surface area contributed by atoms with E-state index in [1.807, 2.05) is 0 Å². The molecule has 2 N–H and O–H groups in total. The molecule has 1 aromatic carbocycles. The van der Waals surface area contributed by atoms with Crippen LogP contribution in [0.3, 0.4) is 0 Å². The summed E-state index contributed by atoms with van der Waals surface area (Å²) in [6, 6.07) is 5.34. The van der Waals surface area contributed by atoms with Crippen molar-refractivity contribution in [3.05, 3.63) is 39.9 Å². The maximum absolute atomic E-state index is 11.6. The molecular weight excluding hydrogens is 261 g/mol. The molecule has 0 saturated carbocycles. The first-order chi connectivity index (χ1) is 8.30. The van der Waals surface area contributed by atoms with E-state index in [9.17, 15) is 18.5 Å². The highest BCUT2D eigenvalue weighted by atomic mass is 32.2. The molecule has 9 heteroatoms. The molecule has 7 nitrogen and oxygen atoms in total. The van der Waals surface area contributed by atoms with Crippen LogP contribution in [0.5, 0.6) is 0 Å². The first-order valence-corrected chi connectivity index (χ1v) is 6.92. The van der Waals surface area contributed by atoms with Gasteiger partial charge in [-0.25, -0.2) is 8.42 Å². The molecule has 0 radical (unpaired) electrons. The molecule has 0 saturated heterocycles. The summed E-state index contributed by atoms with van der Waals surface area (Å²) in [5.74, 6) is -0.741. The van der Waals surface area contributed by atoms with Crippen molar-refractivity contribution in [2.45, 2.75) is 12.1 Å². The second-order valence-corrected chi connectivity index (χ2v) is 5.97. The Morgan fingerprint density at radius 3 is 2.56 bits per heavy atom.